The van der Waals surface area contributed by atoms with E-state index < -0.39 is 21.8 Å². The van der Waals surface area contributed by atoms with E-state index in [4.69, 9.17) is 4.52 Å². The fourth-order valence-corrected chi connectivity index (χ4v) is 5.43. The molecule has 0 saturated carbocycles. The van der Waals surface area contributed by atoms with Crippen LogP contribution in [-0.2, 0) is 27.4 Å². The Kier molecular flexibility index (Phi) is 6.75. The van der Waals surface area contributed by atoms with E-state index in [0.29, 0.717) is 37.1 Å². The summed E-state index contributed by atoms with van der Waals surface area (Å²) >= 11 is 0. The molecule has 0 unspecified atom stereocenters. The number of sulfonamides is 1. The van der Waals surface area contributed by atoms with Crippen LogP contribution >= 0.6 is 0 Å². The number of piperidine rings is 1. The molecule has 1 aliphatic rings. The van der Waals surface area contributed by atoms with Crippen molar-refractivity contribution in [1.82, 2.24) is 14.8 Å². The fraction of sp³-hybridized carbons (Fsp3) is 0.500. The number of rotatable bonds is 6. The molecular weight excluding hydrogens is 435 g/mol. The van der Waals surface area contributed by atoms with Gasteiger partial charge in [-0.25, -0.2) is 8.42 Å². The first-order valence-electron chi connectivity index (χ1n) is 9.87. The van der Waals surface area contributed by atoms with Gasteiger partial charge >= 0.3 is 6.18 Å². The molecule has 1 aromatic heterocycles. The van der Waals surface area contributed by atoms with Crippen LogP contribution in [0.3, 0.4) is 0 Å². The second-order valence-electron chi connectivity index (χ2n) is 7.57. The molecule has 7 nitrogen and oxygen atoms in total. The quantitative estimate of drug-likeness (QED) is 0.717. The van der Waals surface area contributed by atoms with Crippen LogP contribution in [0.5, 0.6) is 0 Å². The summed E-state index contributed by atoms with van der Waals surface area (Å²) in [4.78, 5) is 12.5. The predicted molar refractivity (Wildman–Crippen MR) is 106 cm³/mol. The topological polar surface area (TPSA) is 92.5 Å². The number of alkyl halides is 3. The lowest BCUT2D eigenvalue weighted by molar-refractivity contribution is -0.137. The number of benzene rings is 1. The number of carbonyl (C=O) groups excluding carboxylic acids is 1. The molecule has 2 aromatic rings. The molecule has 170 valence electrons. The SMILES string of the molecule is Cc1noc(C)c1S(=O)(=O)N1CCC(C(=O)NCCc2ccc(C(F)(F)F)cc2)CC1. The third-order valence-corrected chi connectivity index (χ3v) is 7.53. The van der Waals surface area contributed by atoms with Crippen molar-refractivity contribution in [3.63, 3.8) is 0 Å². The van der Waals surface area contributed by atoms with E-state index >= 15 is 0 Å². The van der Waals surface area contributed by atoms with Crippen molar-refractivity contribution in [2.45, 2.75) is 44.2 Å². The fourth-order valence-electron chi connectivity index (χ4n) is 3.67. The normalized spacial score (nSPS) is 16.4. The van der Waals surface area contributed by atoms with Gasteiger partial charge in [0.2, 0.25) is 15.9 Å². The summed E-state index contributed by atoms with van der Waals surface area (Å²) in [5.41, 5.74) is 0.285. The molecule has 0 atom stereocenters. The maximum Gasteiger partial charge on any atom is 0.416 e. The highest BCUT2D eigenvalue weighted by atomic mass is 32.2. The first-order valence-corrected chi connectivity index (χ1v) is 11.3. The average Bonchev–Trinajstić information content (AvgIpc) is 3.06. The average molecular weight is 459 g/mol. The van der Waals surface area contributed by atoms with Gasteiger partial charge in [-0.3, -0.25) is 4.79 Å². The lowest BCUT2D eigenvalue weighted by atomic mass is 9.97. The molecule has 31 heavy (non-hydrogen) atoms. The minimum atomic E-state index is -4.37. The Morgan fingerprint density at radius 1 is 1.19 bits per heavy atom. The van der Waals surface area contributed by atoms with Gasteiger partial charge in [-0.15, -0.1) is 0 Å². The van der Waals surface area contributed by atoms with Crippen molar-refractivity contribution >= 4 is 15.9 Å². The van der Waals surface area contributed by atoms with Crippen LogP contribution in [0.25, 0.3) is 0 Å². The Balaban J connectivity index is 1.48. The maximum atomic E-state index is 12.8. The maximum absolute atomic E-state index is 12.8. The van der Waals surface area contributed by atoms with Crippen LogP contribution in [-0.4, -0.2) is 43.4 Å². The van der Waals surface area contributed by atoms with Gasteiger partial charge in [0, 0.05) is 25.6 Å². The van der Waals surface area contributed by atoms with E-state index in [1.54, 1.807) is 13.8 Å². The standard InChI is InChI=1S/C20H24F3N3O4S/c1-13-18(14(2)30-25-13)31(28,29)26-11-8-16(9-12-26)19(27)24-10-7-15-3-5-17(6-4-15)20(21,22)23/h3-6,16H,7-12H2,1-2H3,(H,24,27). The summed E-state index contributed by atoms with van der Waals surface area (Å²) in [5, 5.41) is 6.49. The number of halogens is 3. The Bertz CT molecular complexity index is 1010. The molecule has 2 heterocycles. The summed E-state index contributed by atoms with van der Waals surface area (Å²) in [6.07, 6.45) is -3.20. The van der Waals surface area contributed by atoms with E-state index in [-0.39, 0.29) is 35.6 Å². The minimum absolute atomic E-state index is 0.0759. The number of hydrogen-bond acceptors (Lipinski definition) is 5. The molecule has 1 N–H and O–H groups in total. The van der Waals surface area contributed by atoms with Crippen molar-refractivity contribution < 1.29 is 30.9 Å². The minimum Gasteiger partial charge on any atom is -0.360 e. The summed E-state index contributed by atoms with van der Waals surface area (Å²) < 4.78 is 69.8. The number of hydrogen-bond donors (Lipinski definition) is 1. The van der Waals surface area contributed by atoms with Gasteiger partial charge in [-0.05, 0) is 50.8 Å². The molecule has 0 aliphatic carbocycles. The van der Waals surface area contributed by atoms with Crippen LogP contribution < -0.4 is 5.32 Å². The van der Waals surface area contributed by atoms with Gasteiger partial charge in [0.1, 0.15) is 10.6 Å². The predicted octanol–water partition coefficient (Wildman–Crippen LogP) is 3.07. The van der Waals surface area contributed by atoms with E-state index in [9.17, 15) is 26.4 Å². The van der Waals surface area contributed by atoms with Gasteiger partial charge in [0.25, 0.3) is 0 Å². The van der Waals surface area contributed by atoms with Crippen LogP contribution in [0, 0.1) is 19.8 Å². The Morgan fingerprint density at radius 3 is 2.32 bits per heavy atom. The monoisotopic (exact) mass is 459 g/mol. The lowest BCUT2D eigenvalue weighted by Crippen LogP contribution is -2.43. The van der Waals surface area contributed by atoms with Gasteiger partial charge in [-0.2, -0.15) is 17.5 Å². The molecule has 11 heteroatoms. The van der Waals surface area contributed by atoms with E-state index in [1.807, 2.05) is 0 Å². The number of aryl methyl sites for hydroxylation is 2. The van der Waals surface area contributed by atoms with E-state index in [0.717, 1.165) is 12.1 Å². The molecule has 1 aromatic carbocycles. The van der Waals surface area contributed by atoms with Crippen molar-refractivity contribution in [2.75, 3.05) is 19.6 Å². The zero-order chi connectivity index (χ0) is 22.8. The van der Waals surface area contributed by atoms with E-state index in [2.05, 4.69) is 10.5 Å². The van der Waals surface area contributed by atoms with Crippen LogP contribution in [0.15, 0.2) is 33.7 Å². The molecular formula is C20H24F3N3O4S. The molecule has 0 radical (unpaired) electrons. The number of nitrogens with one attached hydrogen (secondary N) is 1. The van der Waals surface area contributed by atoms with Crippen molar-refractivity contribution in [2.24, 2.45) is 5.92 Å². The molecule has 0 spiro atoms. The summed E-state index contributed by atoms with van der Waals surface area (Å²) in [6.45, 7) is 3.83. The third kappa shape index (κ3) is 5.27. The van der Waals surface area contributed by atoms with Crippen molar-refractivity contribution in [3.8, 4) is 0 Å². The second kappa shape index (κ2) is 8.99. The third-order valence-electron chi connectivity index (χ3n) is 5.38. The van der Waals surface area contributed by atoms with Gasteiger partial charge in [-0.1, -0.05) is 17.3 Å². The molecule has 1 aliphatic heterocycles. The Hall–Kier alpha value is -2.40. The smallest absolute Gasteiger partial charge is 0.360 e. The molecule has 1 amide bonds. The Morgan fingerprint density at radius 2 is 1.81 bits per heavy atom. The number of nitrogens with zero attached hydrogens (tertiary/aromatic N) is 2. The first-order chi connectivity index (χ1) is 14.5. The number of amides is 1. The molecule has 1 fully saturated rings. The van der Waals surface area contributed by atoms with Gasteiger partial charge in [0.05, 0.1) is 5.56 Å². The van der Waals surface area contributed by atoms with Crippen LogP contribution in [0.2, 0.25) is 0 Å². The zero-order valence-electron chi connectivity index (χ0n) is 17.2. The van der Waals surface area contributed by atoms with Crippen molar-refractivity contribution in [1.29, 1.82) is 0 Å². The molecule has 3 rings (SSSR count). The highest BCUT2D eigenvalue weighted by Gasteiger charge is 2.35. The van der Waals surface area contributed by atoms with Crippen LogP contribution in [0.1, 0.15) is 35.4 Å². The highest BCUT2D eigenvalue weighted by Crippen LogP contribution is 2.29. The van der Waals surface area contributed by atoms with Gasteiger partial charge < -0.3 is 9.84 Å². The number of aromatic nitrogens is 1. The van der Waals surface area contributed by atoms with Crippen molar-refractivity contribution in [3.05, 3.63) is 46.8 Å². The molecule has 1 saturated heterocycles. The zero-order valence-corrected chi connectivity index (χ0v) is 18.0. The summed E-state index contributed by atoms with van der Waals surface area (Å²) in [5.74, 6) is -0.259. The Labute approximate surface area is 178 Å². The summed E-state index contributed by atoms with van der Waals surface area (Å²) in [7, 11) is -3.73. The first kappa shape index (κ1) is 23.3. The lowest BCUT2D eigenvalue weighted by Gasteiger charge is -2.30. The second-order valence-corrected chi connectivity index (χ2v) is 9.44. The van der Waals surface area contributed by atoms with E-state index in [1.165, 1.54) is 16.4 Å². The summed E-state index contributed by atoms with van der Waals surface area (Å²) in [6, 6.07) is 4.83. The largest absolute Gasteiger partial charge is 0.416 e. The molecule has 0 bridgehead atoms. The number of carbonyl (C=O) groups is 1. The van der Waals surface area contributed by atoms with Crippen LogP contribution in [0.4, 0.5) is 13.2 Å². The van der Waals surface area contributed by atoms with Gasteiger partial charge in [0.15, 0.2) is 5.76 Å². The highest BCUT2D eigenvalue weighted by molar-refractivity contribution is 7.89.